The van der Waals surface area contributed by atoms with Crippen LogP contribution >= 0.6 is 0 Å². The van der Waals surface area contributed by atoms with Gasteiger partial charge in [0.05, 0.1) is 12.1 Å². The Balaban J connectivity index is 2.28. The van der Waals surface area contributed by atoms with Crippen molar-refractivity contribution in [2.75, 3.05) is 6.61 Å². The molecule has 3 heteroatoms. The van der Waals surface area contributed by atoms with E-state index in [1.165, 1.54) is 0 Å². The van der Waals surface area contributed by atoms with Gasteiger partial charge in [0.1, 0.15) is 11.6 Å². The second-order valence-electron chi connectivity index (χ2n) is 4.68. The maximum Gasteiger partial charge on any atom is 0.232 e. The van der Waals surface area contributed by atoms with Gasteiger partial charge in [0.15, 0.2) is 0 Å². The van der Waals surface area contributed by atoms with E-state index in [2.05, 4.69) is 24.9 Å². The first-order valence-corrected chi connectivity index (χ1v) is 6.13. The van der Waals surface area contributed by atoms with E-state index in [1.807, 2.05) is 30.3 Å². The van der Waals surface area contributed by atoms with Gasteiger partial charge in [-0.15, -0.1) is 0 Å². The molecular formula is C15H16N2O. The van der Waals surface area contributed by atoms with E-state index < -0.39 is 0 Å². The Bertz CT molecular complexity index is 585. The Hall–Kier alpha value is -2.08. The number of hydrogen-bond donors (Lipinski definition) is 0. The monoisotopic (exact) mass is 240 g/mol. The molecule has 0 spiro atoms. The summed E-state index contributed by atoms with van der Waals surface area (Å²) in [5.74, 6) is 1.02. The van der Waals surface area contributed by atoms with Crippen LogP contribution in [-0.2, 0) is 0 Å². The Morgan fingerprint density at radius 3 is 2.83 bits per heavy atom. The first kappa shape index (κ1) is 12.4. The minimum Gasteiger partial charge on any atom is -0.477 e. The number of pyridine rings is 1. The van der Waals surface area contributed by atoms with Gasteiger partial charge in [0, 0.05) is 5.39 Å². The van der Waals surface area contributed by atoms with Crippen LogP contribution in [0.2, 0.25) is 0 Å². The van der Waals surface area contributed by atoms with Gasteiger partial charge in [0.2, 0.25) is 5.88 Å². The molecule has 0 fully saturated rings. The maximum atomic E-state index is 9.12. The number of aromatic nitrogens is 1. The van der Waals surface area contributed by atoms with Crippen LogP contribution in [0.3, 0.4) is 0 Å². The third kappa shape index (κ3) is 2.78. The van der Waals surface area contributed by atoms with Gasteiger partial charge < -0.3 is 4.74 Å². The molecule has 0 amide bonds. The average molecular weight is 240 g/mol. The number of hydrogen-bond acceptors (Lipinski definition) is 3. The number of rotatable bonds is 4. The predicted molar refractivity (Wildman–Crippen MR) is 71.4 cm³/mol. The standard InChI is InChI=1S/C15H16N2O/c1-11(2)7-8-18-15-13(10-16)9-12-5-3-4-6-14(12)17-15/h3-6,9,11H,7-8H2,1-2H3. The number of nitrogens with zero attached hydrogens (tertiary/aromatic N) is 2. The SMILES string of the molecule is CC(C)CCOc1nc2ccccc2cc1C#N. The highest BCUT2D eigenvalue weighted by molar-refractivity contribution is 5.80. The van der Waals surface area contributed by atoms with Crippen LogP contribution in [0.5, 0.6) is 5.88 Å². The highest BCUT2D eigenvalue weighted by atomic mass is 16.5. The molecule has 0 saturated carbocycles. The molecule has 0 unspecified atom stereocenters. The lowest BCUT2D eigenvalue weighted by atomic mass is 10.1. The molecule has 92 valence electrons. The molecule has 2 aromatic rings. The molecule has 0 aliphatic rings. The quantitative estimate of drug-likeness (QED) is 0.821. The average Bonchev–Trinajstić information content (AvgIpc) is 2.37. The van der Waals surface area contributed by atoms with E-state index in [-0.39, 0.29) is 0 Å². The number of fused-ring (bicyclic) bond motifs is 1. The molecule has 0 aliphatic carbocycles. The number of nitriles is 1. The fourth-order valence-corrected chi connectivity index (χ4v) is 1.68. The zero-order chi connectivity index (χ0) is 13.0. The molecule has 0 saturated heterocycles. The summed E-state index contributed by atoms with van der Waals surface area (Å²) in [7, 11) is 0. The second-order valence-corrected chi connectivity index (χ2v) is 4.68. The summed E-state index contributed by atoms with van der Waals surface area (Å²) < 4.78 is 5.61. The molecular weight excluding hydrogens is 224 g/mol. The van der Waals surface area contributed by atoms with Crippen LogP contribution in [0.4, 0.5) is 0 Å². The number of benzene rings is 1. The maximum absolute atomic E-state index is 9.12. The van der Waals surface area contributed by atoms with Gasteiger partial charge in [-0.3, -0.25) is 0 Å². The van der Waals surface area contributed by atoms with Crippen LogP contribution in [0, 0.1) is 17.2 Å². The summed E-state index contributed by atoms with van der Waals surface area (Å²) in [6.45, 7) is 4.88. The number of para-hydroxylation sites is 1. The van der Waals surface area contributed by atoms with Crippen molar-refractivity contribution in [1.29, 1.82) is 5.26 Å². The summed E-state index contributed by atoms with van der Waals surface area (Å²) in [4.78, 5) is 4.40. The lowest BCUT2D eigenvalue weighted by molar-refractivity contribution is 0.279. The largest absolute Gasteiger partial charge is 0.477 e. The van der Waals surface area contributed by atoms with Crippen molar-refractivity contribution in [3.63, 3.8) is 0 Å². The molecule has 1 aromatic carbocycles. The fourth-order valence-electron chi connectivity index (χ4n) is 1.68. The van der Waals surface area contributed by atoms with E-state index >= 15 is 0 Å². The van der Waals surface area contributed by atoms with Gasteiger partial charge in [-0.2, -0.15) is 5.26 Å². The molecule has 0 N–H and O–H groups in total. The summed E-state index contributed by atoms with van der Waals surface area (Å²) in [5.41, 5.74) is 1.36. The summed E-state index contributed by atoms with van der Waals surface area (Å²) >= 11 is 0. The normalized spacial score (nSPS) is 10.6. The minimum atomic E-state index is 0.442. The highest BCUT2D eigenvalue weighted by Crippen LogP contribution is 2.21. The van der Waals surface area contributed by atoms with Crippen molar-refractivity contribution in [2.45, 2.75) is 20.3 Å². The molecule has 1 heterocycles. The molecule has 0 aliphatic heterocycles. The van der Waals surface area contributed by atoms with Crippen molar-refractivity contribution >= 4 is 10.9 Å². The lowest BCUT2D eigenvalue weighted by Crippen LogP contribution is -2.04. The van der Waals surface area contributed by atoms with Crippen LogP contribution in [-0.4, -0.2) is 11.6 Å². The van der Waals surface area contributed by atoms with Gasteiger partial charge >= 0.3 is 0 Å². The molecule has 0 bridgehead atoms. The molecule has 3 nitrogen and oxygen atoms in total. The van der Waals surface area contributed by atoms with Gasteiger partial charge in [0.25, 0.3) is 0 Å². The van der Waals surface area contributed by atoms with Crippen molar-refractivity contribution < 1.29 is 4.74 Å². The minimum absolute atomic E-state index is 0.442. The van der Waals surface area contributed by atoms with E-state index in [0.717, 1.165) is 17.3 Å². The van der Waals surface area contributed by atoms with E-state index in [0.29, 0.717) is 24.0 Å². The second kappa shape index (κ2) is 5.50. The van der Waals surface area contributed by atoms with Crippen LogP contribution < -0.4 is 4.74 Å². The van der Waals surface area contributed by atoms with Crippen molar-refractivity contribution in [2.24, 2.45) is 5.92 Å². The fraction of sp³-hybridized carbons (Fsp3) is 0.333. The Labute approximate surface area is 107 Å². The molecule has 2 rings (SSSR count). The smallest absolute Gasteiger partial charge is 0.232 e. The third-order valence-corrected chi connectivity index (χ3v) is 2.74. The molecule has 18 heavy (non-hydrogen) atoms. The van der Waals surface area contributed by atoms with Crippen molar-refractivity contribution in [1.82, 2.24) is 4.98 Å². The summed E-state index contributed by atoms with van der Waals surface area (Å²) in [5, 5.41) is 10.1. The van der Waals surface area contributed by atoms with Crippen LogP contribution in [0.25, 0.3) is 10.9 Å². The topological polar surface area (TPSA) is 45.9 Å². The zero-order valence-electron chi connectivity index (χ0n) is 10.7. The Kier molecular flexibility index (Phi) is 3.78. The van der Waals surface area contributed by atoms with E-state index in [9.17, 15) is 0 Å². The Morgan fingerprint density at radius 2 is 2.11 bits per heavy atom. The summed E-state index contributed by atoms with van der Waals surface area (Å²) in [6.07, 6.45) is 0.958. The first-order chi connectivity index (χ1) is 8.70. The molecule has 1 aromatic heterocycles. The highest BCUT2D eigenvalue weighted by Gasteiger charge is 2.07. The van der Waals surface area contributed by atoms with Crippen molar-refractivity contribution in [3.8, 4) is 11.9 Å². The van der Waals surface area contributed by atoms with Gasteiger partial charge in [-0.25, -0.2) is 4.98 Å². The molecule has 0 atom stereocenters. The predicted octanol–water partition coefficient (Wildman–Crippen LogP) is 3.53. The number of ether oxygens (including phenoxy) is 1. The third-order valence-electron chi connectivity index (χ3n) is 2.74. The molecule has 0 radical (unpaired) electrons. The zero-order valence-corrected chi connectivity index (χ0v) is 10.7. The van der Waals surface area contributed by atoms with Crippen molar-refractivity contribution in [3.05, 3.63) is 35.9 Å². The van der Waals surface area contributed by atoms with Crippen LogP contribution in [0.15, 0.2) is 30.3 Å². The van der Waals surface area contributed by atoms with Crippen LogP contribution in [0.1, 0.15) is 25.8 Å². The van der Waals surface area contributed by atoms with Gasteiger partial charge in [-0.05, 0) is 24.5 Å². The van der Waals surface area contributed by atoms with Gasteiger partial charge in [-0.1, -0.05) is 32.0 Å². The van der Waals surface area contributed by atoms with E-state index in [1.54, 1.807) is 0 Å². The Morgan fingerprint density at radius 1 is 1.33 bits per heavy atom. The van der Waals surface area contributed by atoms with E-state index in [4.69, 9.17) is 10.00 Å². The lowest BCUT2D eigenvalue weighted by Gasteiger charge is -2.09. The first-order valence-electron chi connectivity index (χ1n) is 6.13. The summed E-state index contributed by atoms with van der Waals surface area (Å²) in [6, 6.07) is 11.7.